The van der Waals surface area contributed by atoms with E-state index >= 15 is 0 Å². The summed E-state index contributed by atoms with van der Waals surface area (Å²) in [5.41, 5.74) is 0.265. The molecular weight excluding hydrogens is 280 g/mol. The molecule has 0 bridgehead atoms. The quantitative estimate of drug-likeness (QED) is 0.824. The summed E-state index contributed by atoms with van der Waals surface area (Å²) in [6, 6.07) is -0.575. The summed E-state index contributed by atoms with van der Waals surface area (Å²) in [4.78, 5) is -0.00759. The number of nitrogens with one attached hydrogen (secondary N) is 1. The van der Waals surface area contributed by atoms with Crippen molar-refractivity contribution in [3.05, 3.63) is 11.5 Å². The first-order valence-corrected chi connectivity index (χ1v) is 8.67. The second-order valence-electron chi connectivity index (χ2n) is 4.37. The lowest BCUT2D eigenvalue weighted by atomic mass is 10.3. The standard InChI is InChI=1S/C9H14N2O5S2/c1-6-9(7(2)16-10-6)18(14,15)11-8-3-4-17(12,13)5-8/h8,11H,3-5H2,1-2H3/t8-/m0/s1. The van der Waals surface area contributed by atoms with Gasteiger partial charge in [-0.1, -0.05) is 5.16 Å². The summed E-state index contributed by atoms with van der Waals surface area (Å²) in [6.45, 7) is 3.02. The van der Waals surface area contributed by atoms with Crippen molar-refractivity contribution >= 4 is 19.9 Å². The third-order valence-corrected chi connectivity index (χ3v) is 6.32. The van der Waals surface area contributed by atoms with E-state index in [9.17, 15) is 16.8 Å². The number of aryl methyl sites for hydroxylation is 2. The van der Waals surface area contributed by atoms with Crippen LogP contribution in [0.15, 0.2) is 9.42 Å². The van der Waals surface area contributed by atoms with Crippen LogP contribution in [0.3, 0.4) is 0 Å². The monoisotopic (exact) mass is 294 g/mol. The van der Waals surface area contributed by atoms with E-state index in [2.05, 4.69) is 9.88 Å². The first-order valence-electron chi connectivity index (χ1n) is 5.37. The summed E-state index contributed by atoms with van der Waals surface area (Å²) < 4.78 is 53.9. The Morgan fingerprint density at radius 2 is 2.06 bits per heavy atom. The number of hydrogen-bond acceptors (Lipinski definition) is 6. The van der Waals surface area contributed by atoms with E-state index in [1.165, 1.54) is 13.8 Å². The fourth-order valence-corrected chi connectivity index (χ4v) is 5.40. The lowest BCUT2D eigenvalue weighted by Crippen LogP contribution is -2.36. The van der Waals surface area contributed by atoms with Crippen molar-refractivity contribution < 1.29 is 21.4 Å². The molecule has 2 rings (SSSR count). The van der Waals surface area contributed by atoms with E-state index in [4.69, 9.17) is 4.52 Å². The van der Waals surface area contributed by atoms with E-state index in [0.717, 1.165) is 0 Å². The van der Waals surface area contributed by atoms with E-state index in [0.29, 0.717) is 6.42 Å². The molecule has 18 heavy (non-hydrogen) atoms. The predicted molar refractivity (Wildman–Crippen MR) is 63.4 cm³/mol. The Morgan fingerprint density at radius 1 is 1.39 bits per heavy atom. The smallest absolute Gasteiger partial charge is 0.246 e. The maximum Gasteiger partial charge on any atom is 0.246 e. The van der Waals surface area contributed by atoms with Crippen molar-refractivity contribution in [2.24, 2.45) is 0 Å². The Labute approximate surface area is 106 Å². The van der Waals surface area contributed by atoms with Crippen LogP contribution >= 0.6 is 0 Å². The average Bonchev–Trinajstić information content (AvgIpc) is 2.69. The topological polar surface area (TPSA) is 106 Å². The van der Waals surface area contributed by atoms with Crippen molar-refractivity contribution in [2.45, 2.75) is 31.2 Å². The Morgan fingerprint density at radius 3 is 2.50 bits per heavy atom. The minimum atomic E-state index is -3.78. The normalized spacial score (nSPS) is 23.3. The molecule has 1 aromatic rings. The van der Waals surface area contributed by atoms with Crippen molar-refractivity contribution in [1.82, 2.24) is 9.88 Å². The van der Waals surface area contributed by atoms with Crippen LogP contribution in [-0.4, -0.2) is 39.5 Å². The number of hydrogen-bond donors (Lipinski definition) is 1. The van der Waals surface area contributed by atoms with Gasteiger partial charge >= 0.3 is 0 Å². The number of sulfonamides is 1. The molecule has 0 spiro atoms. The number of rotatable bonds is 3. The van der Waals surface area contributed by atoms with E-state index in [-0.39, 0.29) is 27.9 Å². The minimum Gasteiger partial charge on any atom is -0.360 e. The fraction of sp³-hybridized carbons (Fsp3) is 0.667. The lowest BCUT2D eigenvalue weighted by molar-refractivity contribution is 0.390. The molecule has 0 unspecified atom stereocenters. The maximum atomic E-state index is 12.1. The molecule has 0 saturated carbocycles. The van der Waals surface area contributed by atoms with Crippen molar-refractivity contribution in [2.75, 3.05) is 11.5 Å². The molecule has 1 N–H and O–H groups in total. The summed E-state index contributed by atoms with van der Waals surface area (Å²) in [5.74, 6) is 0.0538. The molecule has 0 radical (unpaired) electrons. The van der Waals surface area contributed by atoms with E-state index < -0.39 is 25.9 Å². The average molecular weight is 294 g/mol. The van der Waals surface area contributed by atoms with Crippen LogP contribution in [0.4, 0.5) is 0 Å². The highest BCUT2D eigenvalue weighted by molar-refractivity contribution is 7.92. The molecule has 1 aliphatic heterocycles. The largest absolute Gasteiger partial charge is 0.360 e. The van der Waals surface area contributed by atoms with Gasteiger partial charge in [0.2, 0.25) is 10.0 Å². The van der Waals surface area contributed by atoms with Crippen LogP contribution in [0.25, 0.3) is 0 Å². The first kappa shape index (κ1) is 13.5. The Bertz CT molecular complexity index is 640. The Kier molecular flexibility index (Phi) is 3.24. The SMILES string of the molecule is Cc1noc(C)c1S(=O)(=O)N[C@H]1CCS(=O)(=O)C1. The van der Waals surface area contributed by atoms with Gasteiger partial charge in [-0.2, -0.15) is 0 Å². The number of nitrogens with zero attached hydrogens (tertiary/aromatic N) is 1. The molecule has 1 aliphatic rings. The third kappa shape index (κ3) is 2.57. The molecule has 1 aromatic heterocycles. The molecule has 2 heterocycles. The number of sulfone groups is 1. The van der Waals surface area contributed by atoms with Crippen LogP contribution in [0.2, 0.25) is 0 Å². The van der Waals surface area contributed by atoms with Gasteiger partial charge in [0, 0.05) is 6.04 Å². The molecule has 1 atom stereocenters. The predicted octanol–water partition coefficient (Wildman–Crippen LogP) is -0.243. The fourth-order valence-electron chi connectivity index (χ4n) is 2.02. The van der Waals surface area contributed by atoms with Crippen LogP contribution in [0.1, 0.15) is 17.9 Å². The molecule has 0 aromatic carbocycles. The highest BCUT2D eigenvalue weighted by atomic mass is 32.2. The van der Waals surface area contributed by atoms with Crippen molar-refractivity contribution in [1.29, 1.82) is 0 Å². The van der Waals surface area contributed by atoms with Gasteiger partial charge < -0.3 is 4.52 Å². The molecule has 0 amide bonds. The van der Waals surface area contributed by atoms with Gasteiger partial charge in [0.05, 0.1) is 11.5 Å². The van der Waals surface area contributed by atoms with Crippen molar-refractivity contribution in [3.8, 4) is 0 Å². The maximum absolute atomic E-state index is 12.1. The van der Waals surface area contributed by atoms with Crippen LogP contribution in [-0.2, 0) is 19.9 Å². The molecule has 7 nitrogen and oxygen atoms in total. The van der Waals surface area contributed by atoms with Gasteiger partial charge in [0.15, 0.2) is 15.6 Å². The van der Waals surface area contributed by atoms with Gasteiger partial charge in [-0.15, -0.1) is 0 Å². The zero-order valence-electron chi connectivity index (χ0n) is 10.0. The molecule has 9 heteroatoms. The minimum absolute atomic E-state index is 0.00759. The highest BCUT2D eigenvalue weighted by Crippen LogP contribution is 2.21. The van der Waals surface area contributed by atoms with Crippen LogP contribution < -0.4 is 4.72 Å². The van der Waals surface area contributed by atoms with Gasteiger partial charge in [-0.3, -0.25) is 0 Å². The zero-order chi connectivity index (χ0) is 13.6. The molecule has 1 fully saturated rings. The summed E-state index contributed by atoms with van der Waals surface area (Å²) in [5, 5.41) is 3.57. The zero-order valence-corrected chi connectivity index (χ0v) is 11.6. The Hall–Kier alpha value is -0.930. The van der Waals surface area contributed by atoms with Crippen LogP contribution in [0, 0.1) is 13.8 Å². The van der Waals surface area contributed by atoms with Gasteiger partial charge in [-0.25, -0.2) is 21.6 Å². The van der Waals surface area contributed by atoms with E-state index in [1.807, 2.05) is 0 Å². The second-order valence-corrected chi connectivity index (χ2v) is 8.25. The molecular formula is C9H14N2O5S2. The third-order valence-electron chi connectivity index (χ3n) is 2.79. The summed E-state index contributed by atoms with van der Waals surface area (Å²) in [7, 11) is -6.91. The van der Waals surface area contributed by atoms with Crippen molar-refractivity contribution in [3.63, 3.8) is 0 Å². The van der Waals surface area contributed by atoms with Gasteiger partial charge in [0.25, 0.3) is 0 Å². The number of aromatic nitrogens is 1. The molecule has 1 saturated heterocycles. The second kappa shape index (κ2) is 4.32. The van der Waals surface area contributed by atoms with Crippen LogP contribution in [0.5, 0.6) is 0 Å². The van der Waals surface area contributed by atoms with Gasteiger partial charge in [0.1, 0.15) is 10.6 Å². The van der Waals surface area contributed by atoms with Gasteiger partial charge in [-0.05, 0) is 20.3 Å². The highest BCUT2D eigenvalue weighted by Gasteiger charge is 2.33. The lowest BCUT2D eigenvalue weighted by Gasteiger charge is -2.10. The summed E-state index contributed by atoms with van der Waals surface area (Å²) in [6.07, 6.45) is 0.297. The first-order chi connectivity index (χ1) is 8.21. The summed E-state index contributed by atoms with van der Waals surface area (Å²) >= 11 is 0. The van der Waals surface area contributed by atoms with E-state index in [1.54, 1.807) is 0 Å². The molecule has 102 valence electrons. The molecule has 0 aliphatic carbocycles. The Balaban J connectivity index is 2.24.